The third-order valence-electron chi connectivity index (χ3n) is 4.70. The van der Waals surface area contributed by atoms with E-state index in [1.807, 2.05) is 11.8 Å². The number of amides is 2. The van der Waals surface area contributed by atoms with E-state index in [1.54, 1.807) is 0 Å². The number of nitrogens with zero attached hydrogens (tertiary/aromatic N) is 1. The Morgan fingerprint density at radius 3 is 2.50 bits per heavy atom. The standard InChI is InChI=1S/C16H28N2O2/c1-5-6-9-18-14(19)13(10-11(2)3)17-15(20)16(18,4)12-7-8-12/h11-13H,5-10H2,1-4H3,(H,17,20). The predicted octanol–water partition coefficient (Wildman–Crippen LogP) is 2.33. The summed E-state index contributed by atoms with van der Waals surface area (Å²) >= 11 is 0. The molecule has 1 saturated heterocycles. The van der Waals surface area contributed by atoms with Gasteiger partial charge in [-0.25, -0.2) is 0 Å². The van der Waals surface area contributed by atoms with Crippen LogP contribution in [-0.4, -0.2) is 34.8 Å². The smallest absolute Gasteiger partial charge is 0.246 e. The molecule has 2 atom stereocenters. The summed E-state index contributed by atoms with van der Waals surface area (Å²) in [6.45, 7) is 8.97. The average Bonchev–Trinajstić information content (AvgIpc) is 3.20. The minimum absolute atomic E-state index is 0.0568. The Bertz CT molecular complexity index is 390. The van der Waals surface area contributed by atoms with Gasteiger partial charge in [0.1, 0.15) is 11.6 Å². The van der Waals surface area contributed by atoms with Gasteiger partial charge in [0.05, 0.1) is 0 Å². The first-order valence-electron chi connectivity index (χ1n) is 8.03. The van der Waals surface area contributed by atoms with E-state index in [4.69, 9.17) is 0 Å². The minimum Gasteiger partial charge on any atom is -0.342 e. The van der Waals surface area contributed by atoms with Crippen molar-refractivity contribution in [3.63, 3.8) is 0 Å². The summed E-state index contributed by atoms with van der Waals surface area (Å²) < 4.78 is 0. The maximum atomic E-state index is 12.8. The first-order chi connectivity index (χ1) is 9.41. The maximum Gasteiger partial charge on any atom is 0.246 e. The lowest BCUT2D eigenvalue weighted by molar-refractivity contribution is -0.158. The SMILES string of the molecule is CCCCN1C(=O)C(CC(C)C)NC(=O)C1(C)C1CC1. The number of piperazine rings is 1. The Morgan fingerprint density at radius 1 is 1.35 bits per heavy atom. The first kappa shape index (κ1) is 15.3. The Kier molecular flexibility index (Phi) is 4.40. The van der Waals surface area contributed by atoms with E-state index < -0.39 is 5.54 Å². The van der Waals surface area contributed by atoms with E-state index in [0.29, 0.717) is 18.4 Å². The second-order valence-electron chi connectivity index (χ2n) is 6.92. The van der Waals surface area contributed by atoms with Crippen LogP contribution in [0.2, 0.25) is 0 Å². The molecule has 2 aliphatic rings. The van der Waals surface area contributed by atoms with Crippen LogP contribution >= 0.6 is 0 Å². The van der Waals surface area contributed by atoms with Gasteiger partial charge in [-0.15, -0.1) is 0 Å². The molecule has 20 heavy (non-hydrogen) atoms. The molecule has 1 saturated carbocycles. The van der Waals surface area contributed by atoms with Crippen molar-refractivity contribution < 1.29 is 9.59 Å². The van der Waals surface area contributed by atoms with E-state index in [-0.39, 0.29) is 17.9 Å². The second-order valence-corrected chi connectivity index (χ2v) is 6.92. The third kappa shape index (κ3) is 2.70. The van der Waals surface area contributed by atoms with Gasteiger partial charge >= 0.3 is 0 Å². The summed E-state index contributed by atoms with van der Waals surface area (Å²) in [5.41, 5.74) is -0.611. The Morgan fingerprint density at radius 2 is 2.00 bits per heavy atom. The molecule has 0 aromatic rings. The maximum absolute atomic E-state index is 12.8. The summed E-state index contributed by atoms with van der Waals surface area (Å²) in [5.74, 6) is 0.938. The van der Waals surface area contributed by atoms with Gasteiger partial charge in [-0.1, -0.05) is 27.2 Å². The Labute approximate surface area is 122 Å². The zero-order valence-electron chi connectivity index (χ0n) is 13.2. The number of rotatable bonds is 6. The van der Waals surface area contributed by atoms with Crippen LogP contribution in [0.25, 0.3) is 0 Å². The molecule has 2 fully saturated rings. The highest BCUT2D eigenvalue weighted by Crippen LogP contribution is 2.45. The van der Waals surface area contributed by atoms with Gasteiger partial charge in [0.25, 0.3) is 0 Å². The number of carbonyl (C=O) groups is 2. The number of hydrogen-bond donors (Lipinski definition) is 1. The quantitative estimate of drug-likeness (QED) is 0.812. The van der Waals surface area contributed by atoms with Crippen molar-refractivity contribution in [2.75, 3.05) is 6.54 Å². The third-order valence-corrected chi connectivity index (χ3v) is 4.70. The zero-order valence-corrected chi connectivity index (χ0v) is 13.2. The topological polar surface area (TPSA) is 49.4 Å². The van der Waals surface area contributed by atoms with Crippen molar-refractivity contribution in [3.05, 3.63) is 0 Å². The molecule has 114 valence electrons. The molecule has 0 radical (unpaired) electrons. The number of carbonyl (C=O) groups excluding carboxylic acids is 2. The van der Waals surface area contributed by atoms with Gasteiger partial charge in [-0.05, 0) is 44.4 Å². The molecule has 2 rings (SSSR count). The summed E-state index contributed by atoms with van der Waals surface area (Å²) in [5, 5.41) is 2.99. The van der Waals surface area contributed by atoms with Crippen LogP contribution in [0.1, 0.15) is 59.8 Å². The minimum atomic E-state index is -0.611. The van der Waals surface area contributed by atoms with Crippen LogP contribution in [-0.2, 0) is 9.59 Å². The molecule has 1 aliphatic heterocycles. The van der Waals surface area contributed by atoms with Crippen LogP contribution in [0, 0.1) is 11.8 Å². The normalized spacial score (nSPS) is 30.9. The first-order valence-corrected chi connectivity index (χ1v) is 8.03. The van der Waals surface area contributed by atoms with Gasteiger partial charge in [-0.3, -0.25) is 9.59 Å². The average molecular weight is 280 g/mol. The largest absolute Gasteiger partial charge is 0.342 e. The van der Waals surface area contributed by atoms with Crippen LogP contribution in [0.5, 0.6) is 0 Å². The van der Waals surface area contributed by atoms with Crippen LogP contribution in [0.4, 0.5) is 0 Å². The predicted molar refractivity (Wildman–Crippen MR) is 79.1 cm³/mol. The zero-order chi connectivity index (χ0) is 14.9. The molecular weight excluding hydrogens is 252 g/mol. The molecule has 0 aromatic carbocycles. The van der Waals surface area contributed by atoms with Crippen molar-refractivity contribution in [3.8, 4) is 0 Å². The molecular formula is C16H28N2O2. The fourth-order valence-electron chi connectivity index (χ4n) is 3.25. The summed E-state index contributed by atoms with van der Waals surface area (Å²) in [7, 11) is 0. The van der Waals surface area contributed by atoms with Gasteiger partial charge in [0.2, 0.25) is 11.8 Å². The van der Waals surface area contributed by atoms with E-state index >= 15 is 0 Å². The summed E-state index contributed by atoms with van der Waals surface area (Å²) in [4.78, 5) is 27.3. The molecule has 0 spiro atoms. The monoisotopic (exact) mass is 280 g/mol. The van der Waals surface area contributed by atoms with E-state index in [1.165, 1.54) is 0 Å². The molecule has 0 aromatic heterocycles. The molecule has 0 bridgehead atoms. The van der Waals surface area contributed by atoms with Crippen molar-refractivity contribution in [1.82, 2.24) is 10.2 Å². The lowest BCUT2D eigenvalue weighted by Crippen LogP contribution is -2.70. The van der Waals surface area contributed by atoms with E-state index in [9.17, 15) is 9.59 Å². The van der Waals surface area contributed by atoms with E-state index in [2.05, 4.69) is 26.1 Å². The highest BCUT2D eigenvalue weighted by molar-refractivity contribution is 6.00. The van der Waals surface area contributed by atoms with Crippen LogP contribution in [0.15, 0.2) is 0 Å². The Balaban J connectivity index is 2.21. The molecule has 2 unspecified atom stereocenters. The molecule has 4 nitrogen and oxygen atoms in total. The highest BCUT2D eigenvalue weighted by Gasteiger charge is 2.56. The highest BCUT2D eigenvalue weighted by atomic mass is 16.2. The van der Waals surface area contributed by atoms with Crippen LogP contribution < -0.4 is 5.32 Å². The molecule has 1 N–H and O–H groups in total. The molecule has 1 heterocycles. The molecule has 2 amide bonds. The van der Waals surface area contributed by atoms with Crippen molar-refractivity contribution in [2.45, 2.75) is 71.4 Å². The fraction of sp³-hybridized carbons (Fsp3) is 0.875. The molecule has 4 heteroatoms. The van der Waals surface area contributed by atoms with Crippen molar-refractivity contribution >= 4 is 11.8 Å². The van der Waals surface area contributed by atoms with Crippen LogP contribution in [0.3, 0.4) is 0 Å². The van der Waals surface area contributed by atoms with Crippen molar-refractivity contribution in [1.29, 1.82) is 0 Å². The lowest BCUT2D eigenvalue weighted by atomic mass is 9.86. The van der Waals surface area contributed by atoms with E-state index in [0.717, 1.165) is 32.1 Å². The lowest BCUT2D eigenvalue weighted by Gasteiger charge is -2.47. The molecule has 1 aliphatic carbocycles. The van der Waals surface area contributed by atoms with Gasteiger partial charge < -0.3 is 10.2 Å². The number of hydrogen-bond acceptors (Lipinski definition) is 2. The van der Waals surface area contributed by atoms with Gasteiger partial charge in [-0.2, -0.15) is 0 Å². The fourth-order valence-corrected chi connectivity index (χ4v) is 3.25. The number of nitrogens with one attached hydrogen (secondary N) is 1. The Hall–Kier alpha value is -1.06. The second kappa shape index (κ2) is 5.74. The summed E-state index contributed by atoms with van der Waals surface area (Å²) in [6.07, 6.45) is 4.87. The number of unbranched alkanes of at least 4 members (excludes halogenated alkanes) is 1. The summed E-state index contributed by atoms with van der Waals surface area (Å²) in [6, 6.07) is -0.328. The van der Waals surface area contributed by atoms with Gasteiger partial charge in [0, 0.05) is 6.54 Å². The van der Waals surface area contributed by atoms with Gasteiger partial charge in [0.15, 0.2) is 0 Å². The van der Waals surface area contributed by atoms with Crippen molar-refractivity contribution in [2.24, 2.45) is 11.8 Å².